The molecule has 14 heavy (non-hydrogen) atoms. The Labute approximate surface area is 86.2 Å². The molecule has 0 bridgehead atoms. The van der Waals surface area contributed by atoms with Crippen LogP contribution in [-0.2, 0) is 6.54 Å². The van der Waals surface area contributed by atoms with Crippen LogP contribution in [0.5, 0.6) is 0 Å². The number of aromatic amines is 1. The number of H-pyrrole nitrogens is 1. The number of nitrogens with one attached hydrogen (secondary N) is 2. The van der Waals surface area contributed by atoms with Crippen molar-refractivity contribution in [3.05, 3.63) is 28.2 Å². The van der Waals surface area contributed by atoms with E-state index >= 15 is 0 Å². The molecule has 4 nitrogen and oxygen atoms in total. The second kappa shape index (κ2) is 3.71. The zero-order valence-corrected chi connectivity index (χ0v) is 8.69. The number of rotatable bonds is 3. The standard InChI is InChI=1S/C9H12N4S/c1-6-12-8(10)9(13-6)11-5-7-3-2-4-14-7/h2-4,11H,5,10H2,1H3,(H,12,13). The Kier molecular flexibility index (Phi) is 2.41. The lowest BCUT2D eigenvalue weighted by molar-refractivity contribution is 1.12. The molecule has 0 radical (unpaired) electrons. The van der Waals surface area contributed by atoms with Gasteiger partial charge >= 0.3 is 0 Å². The Hall–Kier alpha value is -1.49. The van der Waals surface area contributed by atoms with Crippen LogP contribution in [-0.4, -0.2) is 9.97 Å². The molecular weight excluding hydrogens is 196 g/mol. The van der Waals surface area contributed by atoms with E-state index in [2.05, 4.69) is 26.7 Å². The first-order chi connectivity index (χ1) is 6.75. The van der Waals surface area contributed by atoms with Gasteiger partial charge in [-0.1, -0.05) is 6.07 Å². The van der Waals surface area contributed by atoms with Crippen LogP contribution < -0.4 is 11.1 Å². The topological polar surface area (TPSA) is 66.7 Å². The van der Waals surface area contributed by atoms with E-state index < -0.39 is 0 Å². The van der Waals surface area contributed by atoms with Gasteiger partial charge in [-0.2, -0.15) is 0 Å². The molecule has 2 rings (SSSR count). The van der Waals surface area contributed by atoms with Crippen LogP contribution in [0, 0.1) is 6.92 Å². The normalized spacial score (nSPS) is 10.4. The van der Waals surface area contributed by atoms with Gasteiger partial charge in [0, 0.05) is 4.88 Å². The highest BCUT2D eigenvalue weighted by atomic mass is 32.1. The molecule has 4 N–H and O–H groups in total. The van der Waals surface area contributed by atoms with Gasteiger partial charge in [-0.3, -0.25) is 0 Å². The molecule has 5 heteroatoms. The van der Waals surface area contributed by atoms with Gasteiger partial charge in [-0.25, -0.2) is 4.98 Å². The van der Waals surface area contributed by atoms with Gasteiger partial charge in [0.1, 0.15) is 11.6 Å². The van der Waals surface area contributed by atoms with Crippen molar-refractivity contribution in [2.24, 2.45) is 0 Å². The number of nitrogen functional groups attached to an aromatic ring is 1. The van der Waals surface area contributed by atoms with Crippen LogP contribution >= 0.6 is 11.3 Å². The number of imidazole rings is 1. The van der Waals surface area contributed by atoms with E-state index in [0.29, 0.717) is 5.82 Å². The first kappa shape index (κ1) is 9.08. The first-order valence-corrected chi connectivity index (χ1v) is 5.22. The summed E-state index contributed by atoms with van der Waals surface area (Å²) in [6, 6.07) is 4.11. The van der Waals surface area contributed by atoms with Crippen LogP contribution in [0.2, 0.25) is 0 Å². The van der Waals surface area contributed by atoms with Crippen molar-refractivity contribution in [1.82, 2.24) is 9.97 Å². The molecule has 74 valence electrons. The molecule has 0 amide bonds. The molecule has 0 saturated heterocycles. The minimum atomic E-state index is 0.596. The lowest BCUT2D eigenvalue weighted by Crippen LogP contribution is -2.00. The van der Waals surface area contributed by atoms with E-state index in [1.807, 2.05) is 13.0 Å². The fourth-order valence-electron chi connectivity index (χ4n) is 1.23. The van der Waals surface area contributed by atoms with Gasteiger partial charge in [0.05, 0.1) is 6.54 Å². The Bertz CT molecular complexity index is 404. The summed E-state index contributed by atoms with van der Waals surface area (Å²) in [5.74, 6) is 2.16. The smallest absolute Gasteiger partial charge is 0.169 e. The summed E-state index contributed by atoms with van der Waals surface area (Å²) in [5, 5.41) is 5.23. The average Bonchev–Trinajstić information content (AvgIpc) is 2.72. The van der Waals surface area contributed by atoms with Crippen LogP contribution in [0.1, 0.15) is 10.7 Å². The maximum atomic E-state index is 5.70. The Morgan fingerprint density at radius 2 is 2.50 bits per heavy atom. The van der Waals surface area contributed by atoms with Gasteiger partial charge in [0.15, 0.2) is 5.82 Å². The Balaban J connectivity index is 2.01. The van der Waals surface area contributed by atoms with Gasteiger partial charge in [-0.05, 0) is 18.4 Å². The summed E-state index contributed by atoms with van der Waals surface area (Å²) in [7, 11) is 0. The zero-order chi connectivity index (χ0) is 9.97. The second-order valence-electron chi connectivity index (χ2n) is 3.02. The molecule has 0 fully saturated rings. The van der Waals surface area contributed by atoms with Crippen molar-refractivity contribution < 1.29 is 0 Å². The van der Waals surface area contributed by atoms with Gasteiger partial charge in [-0.15, -0.1) is 11.3 Å². The number of hydrogen-bond donors (Lipinski definition) is 3. The molecule has 2 aromatic rings. The lowest BCUT2D eigenvalue weighted by Gasteiger charge is -2.00. The van der Waals surface area contributed by atoms with Crippen molar-refractivity contribution in [1.29, 1.82) is 0 Å². The van der Waals surface area contributed by atoms with E-state index in [4.69, 9.17) is 5.73 Å². The summed E-state index contributed by atoms with van der Waals surface area (Å²) < 4.78 is 0. The van der Waals surface area contributed by atoms with Crippen molar-refractivity contribution >= 4 is 23.0 Å². The molecule has 0 unspecified atom stereocenters. The summed E-state index contributed by atoms with van der Waals surface area (Å²) in [6.07, 6.45) is 0. The van der Waals surface area contributed by atoms with Gasteiger partial charge < -0.3 is 16.0 Å². The SMILES string of the molecule is Cc1nc(NCc2cccs2)c(N)[nH]1. The quantitative estimate of drug-likeness (QED) is 0.722. The molecule has 0 saturated carbocycles. The Morgan fingerprint density at radius 1 is 1.64 bits per heavy atom. The van der Waals surface area contributed by atoms with Crippen LogP contribution in [0.15, 0.2) is 17.5 Å². The van der Waals surface area contributed by atoms with Crippen molar-refractivity contribution in [3.8, 4) is 0 Å². The number of nitrogens with two attached hydrogens (primary N) is 1. The Morgan fingerprint density at radius 3 is 3.07 bits per heavy atom. The third kappa shape index (κ3) is 1.88. The monoisotopic (exact) mass is 208 g/mol. The number of aromatic nitrogens is 2. The third-order valence-electron chi connectivity index (χ3n) is 1.86. The van der Waals surface area contributed by atoms with Crippen molar-refractivity contribution in [2.75, 3.05) is 11.1 Å². The molecular formula is C9H12N4S. The molecule has 0 aliphatic carbocycles. The van der Waals surface area contributed by atoms with Crippen LogP contribution in [0.4, 0.5) is 11.6 Å². The molecule has 2 aromatic heterocycles. The highest BCUT2D eigenvalue weighted by Gasteiger charge is 2.03. The van der Waals surface area contributed by atoms with E-state index in [0.717, 1.165) is 18.2 Å². The predicted molar refractivity (Wildman–Crippen MR) is 59.4 cm³/mol. The lowest BCUT2D eigenvalue weighted by atomic mass is 10.4. The maximum Gasteiger partial charge on any atom is 0.169 e. The molecule has 0 aromatic carbocycles. The van der Waals surface area contributed by atoms with E-state index in [-0.39, 0.29) is 0 Å². The zero-order valence-electron chi connectivity index (χ0n) is 7.87. The first-order valence-electron chi connectivity index (χ1n) is 4.34. The number of thiophene rings is 1. The van der Waals surface area contributed by atoms with E-state index in [1.165, 1.54) is 4.88 Å². The summed E-state index contributed by atoms with van der Waals surface area (Å²) in [4.78, 5) is 8.44. The molecule has 0 aliphatic heterocycles. The fraction of sp³-hybridized carbons (Fsp3) is 0.222. The second-order valence-corrected chi connectivity index (χ2v) is 4.05. The van der Waals surface area contributed by atoms with Crippen molar-refractivity contribution in [3.63, 3.8) is 0 Å². The predicted octanol–water partition coefficient (Wildman–Crippen LogP) is 1.97. The van der Waals surface area contributed by atoms with Gasteiger partial charge in [0.2, 0.25) is 0 Å². The van der Waals surface area contributed by atoms with Crippen LogP contribution in [0.3, 0.4) is 0 Å². The van der Waals surface area contributed by atoms with Crippen molar-refractivity contribution in [2.45, 2.75) is 13.5 Å². The number of aryl methyl sites for hydroxylation is 1. The summed E-state index contributed by atoms with van der Waals surface area (Å²) in [5.41, 5.74) is 5.70. The highest BCUT2D eigenvalue weighted by molar-refractivity contribution is 7.09. The minimum absolute atomic E-state index is 0.596. The summed E-state index contributed by atoms with van der Waals surface area (Å²) >= 11 is 1.71. The average molecular weight is 208 g/mol. The highest BCUT2D eigenvalue weighted by Crippen LogP contribution is 2.16. The van der Waals surface area contributed by atoms with Gasteiger partial charge in [0.25, 0.3) is 0 Å². The van der Waals surface area contributed by atoms with E-state index in [9.17, 15) is 0 Å². The molecule has 0 spiro atoms. The number of nitrogens with zero attached hydrogens (tertiary/aromatic N) is 1. The molecule has 0 atom stereocenters. The van der Waals surface area contributed by atoms with Crippen LogP contribution in [0.25, 0.3) is 0 Å². The largest absolute Gasteiger partial charge is 0.382 e. The summed E-state index contributed by atoms with van der Waals surface area (Å²) in [6.45, 7) is 2.65. The number of anilines is 2. The maximum absolute atomic E-state index is 5.70. The molecule has 2 heterocycles. The minimum Gasteiger partial charge on any atom is -0.382 e. The molecule has 0 aliphatic rings. The fourth-order valence-corrected chi connectivity index (χ4v) is 1.87. The van der Waals surface area contributed by atoms with E-state index in [1.54, 1.807) is 11.3 Å². The third-order valence-corrected chi connectivity index (χ3v) is 2.74. The number of hydrogen-bond acceptors (Lipinski definition) is 4.